The zero-order valence-corrected chi connectivity index (χ0v) is 11.5. The molecule has 2 rings (SSSR count). The summed E-state index contributed by atoms with van der Waals surface area (Å²) in [5, 5.41) is 2.93. The van der Waals surface area contributed by atoms with Crippen LogP contribution >= 0.6 is 0 Å². The monoisotopic (exact) mass is 269 g/mol. The summed E-state index contributed by atoms with van der Waals surface area (Å²) in [5.74, 6) is 1.06. The Morgan fingerprint density at radius 3 is 2.83 bits per heavy atom. The topological polar surface area (TPSA) is 55.4 Å². The van der Waals surface area contributed by atoms with Crippen LogP contribution in [0.5, 0.6) is 5.75 Å². The molecule has 1 unspecified atom stereocenters. The van der Waals surface area contributed by atoms with Crippen LogP contribution < -0.4 is 10.1 Å². The van der Waals surface area contributed by atoms with Crippen molar-refractivity contribution in [1.82, 2.24) is 5.32 Å². The molecule has 0 aliphatic carbocycles. The van der Waals surface area contributed by atoms with Gasteiger partial charge in [0.15, 0.2) is 9.84 Å². The van der Waals surface area contributed by atoms with Crippen LogP contribution in [0.3, 0.4) is 0 Å². The Kier molecular flexibility index (Phi) is 3.92. The number of nitrogens with one attached hydrogen (secondary N) is 1. The van der Waals surface area contributed by atoms with Gasteiger partial charge < -0.3 is 10.1 Å². The average Bonchev–Trinajstić information content (AvgIpc) is 2.72. The van der Waals surface area contributed by atoms with Crippen molar-refractivity contribution in [2.24, 2.45) is 0 Å². The van der Waals surface area contributed by atoms with Crippen LogP contribution in [0.15, 0.2) is 24.3 Å². The Hall–Kier alpha value is -1.07. The smallest absolute Gasteiger partial charge is 0.153 e. The summed E-state index contributed by atoms with van der Waals surface area (Å²) in [6.45, 7) is 4.45. The van der Waals surface area contributed by atoms with E-state index in [0.717, 1.165) is 11.3 Å². The Morgan fingerprint density at radius 1 is 1.39 bits per heavy atom. The first-order valence-corrected chi connectivity index (χ1v) is 7.89. The average molecular weight is 269 g/mol. The molecule has 0 bridgehead atoms. The van der Waals surface area contributed by atoms with Crippen molar-refractivity contribution in [3.63, 3.8) is 0 Å². The van der Waals surface area contributed by atoms with E-state index in [0.29, 0.717) is 13.2 Å². The molecule has 1 aliphatic heterocycles. The van der Waals surface area contributed by atoms with Crippen molar-refractivity contribution >= 4 is 9.84 Å². The molecule has 1 N–H and O–H groups in total. The molecule has 1 aliphatic rings. The third-order valence-corrected chi connectivity index (χ3v) is 5.41. The third-order valence-electron chi connectivity index (χ3n) is 3.20. The van der Waals surface area contributed by atoms with E-state index < -0.39 is 9.84 Å². The van der Waals surface area contributed by atoms with Crippen LogP contribution in [0.4, 0.5) is 0 Å². The van der Waals surface area contributed by atoms with Gasteiger partial charge in [-0.25, -0.2) is 8.42 Å². The largest absolute Gasteiger partial charge is 0.491 e. The first kappa shape index (κ1) is 13.4. The number of fused-ring (bicyclic) bond motifs is 1. The fraction of sp³-hybridized carbons (Fsp3) is 0.538. The quantitative estimate of drug-likeness (QED) is 0.881. The second-order valence-corrected chi connectivity index (χ2v) is 7.45. The molecule has 0 radical (unpaired) electrons. The highest BCUT2D eigenvalue weighted by Gasteiger charge is 2.24. The van der Waals surface area contributed by atoms with Crippen LogP contribution in [-0.2, 0) is 9.84 Å². The van der Waals surface area contributed by atoms with Gasteiger partial charge in [-0.15, -0.1) is 0 Å². The molecule has 100 valence electrons. The lowest BCUT2D eigenvalue weighted by atomic mass is 10.1. The van der Waals surface area contributed by atoms with Gasteiger partial charge in [0.1, 0.15) is 12.4 Å². The number of hydrogen-bond donors (Lipinski definition) is 1. The number of benzene rings is 1. The normalized spacial score (nSPS) is 18.7. The molecule has 0 aromatic heterocycles. The molecular formula is C13H19NO3S. The molecule has 0 amide bonds. The number of hydrogen-bond acceptors (Lipinski definition) is 4. The fourth-order valence-electron chi connectivity index (χ4n) is 1.94. The van der Waals surface area contributed by atoms with E-state index in [9.17, 15) is 8.42 Å². The van der Waals surface area contributed by atoms with Gasteiger partial charge in [-0.3, -0.25) is 0 Å². The molecule has 5 heteroatoms. The van der Waals surface area contributed by atoms with Crippen molar-refractivity contribution in [1.29, 1.82) is 0 Å². The molecule has 0 saturated heterocycles. The lowest BCUT2D eigenvalue weighted by Gasteiger charge is -2.13. The highest BCUT2D eigenvalue weighted by atomic mass is 32.2. The van der Waals surface area contributed by atoms with Crippen molar-refractivity contribution in [2.75, 3.05) is 18.9 Å². The summed E-state index contributed by atoms with van der Waals surface area (Å²) < 4.78 is 28.9. The third kappa shape index (κ3) is 2.84. The standard InChI is InChI=1S/C13H19NO3S/c1-10(2)18(15,16)8-7-14-12-9-17-13-6-4-3-5-11(12)13/h3-6,10,12,14H,7-9H2,1-2H3. The molecule has 4 nitrogen and oxygen atoms in total. The highest BCUT2D eigenvalue weighted by molar-refractivity contribution is 7.92. The van der Waals surface area contributed by atoms with Crippen molar-refractivity contribution in [3.05, 3.63) is 29.8 Å². The van der Waals surface area contributed by atoms with Crippen LogP contribution in [0, 0.1) is 0 Å². The van der Waals surface area contributed by atoms with Crippen molar-refractivity contribution in [2.45, 2.75) is 25.1 Å². The summed E-state index contributed by atoms with van der Waals surface area (Å²) in [5.41, 5.74) is 1.11. The number of sulfone groups is 1. The predicted molar refractivity (Wildman–Crippen MR) is 71.6 cm³/mol. The van der Waals surface area contributed by atoms with Gasteiger partial charge in [0.25, 0.3) is 0 Å². The Morgan fingerprint density at radius 2 is 2.11 bits per heavy atom. The zero-order valence-electron chi connectivity index (χ0n) is 10.7. The van der Waals surface area contributed by atoms with Gasteiger partial charge >= 0.3 is 0 Å². The first-order valence-electron chi connectivity index (χ1n) is 6.17. The Balaban J connectivity index is 1.90. The van der Waals surface area contributed by atoms with Gasteiger partial charge in [-0.1, -0.05) is 18.2 Å². The summed E-state index contributed by atoms with van der Waals surface area (Å²) in [6, 6.07) is 7.94. The van der Waals surface area contributed by atoms with E-state index in [2.05, 4.69) is 5.32 Å². The van der Waals surface area contributed by atoms with Crippen molar-refractivity contribution in [3.8, 4) is 5.75 Å². The minimum absolute atomic E-state index is 0.101. The number of rotatable bonds is 5. The van der Waals surface area contributed by atoms with Gasteiger partial charge in [0, 0.05) is 12.1 Å². The second-order valence-electron chi connectivity index (χ2n) is 4.77. The van der Waals surface area contributed by atoms with E-state index in [-0.39, 0.29) is 17.0 Å². The van der Waals surface area contributed by atoms with Gasteiger partial charge in [-0.05, 0) is 19.9 Å². The van der Waals surface area contributed by atoms with Crippen LogP contribution in [0.2, 0.25) is 0 Å². The van der Waals surface area contributed by atoms with E-state index in [1.54, 1.807) is 13.8 Å². The molecule has 0 spiro atoms. The molecule has 0 saturated carbocycles. The Bertz CT molecular complexity index is 511. The SMILES string of the molecule is CC(C)S(=O)(=O)CCNC1COc2ccccc21. The van der Waals surface area contributed by atoms with Crippen molar-refractivity contribution < 1.29 is 13.2 Å². The molecule has 1 aromatic carbocycles. The molecule has 0 fully saturated rings. The maximum atomic E-state index is 11.7. The highest BCUT2D eigenvalue weighted by Crippen LogP contribution is 2.31. The lowest BCUT2D eigenvalue weighted by Crippen LogP contribution is -2.30. The molecule has 1 aromatic rings. The Labute approximate surface area is 108 Å². The van der Waals surface area contributed by atoms with E-state index in [1.807, 2.05) is 24.3 Å². The maximum Gasteiger partial charge on any atom is 0.153 e. The summed E-state index contributed by atoms with van der Waals surface area (Å²) in [4.78, 5) is 0. The summed E-state index contributed by atoms with van der Waals surface area (Å²) in [6.07, 6.45) is 0. The van der Waals surface area contributed by atoms with E-state index in [4.69, 9.17) is 4.74 Å². The van der Waals surface area contributed by atoms with E-state index in [1.165, 1.54) is 0 Å². The van der Waals surface area contributed by atoms with Gasteiger partial charge in [-0.2, -0.15) is 0 Å². The van der Waals surface area contributed by atoms with Crippen LogP contribution in [0.25, 0.3) is 0 Å². The maximum absolute atomic E-state index is 11.7. The first-order chi connectivity index (χ1) is 8.50. The molecule has 18 heavy (non-hydrogen) atoms. The number of ether oxygens (including phenoxy) is 1. The van der Waals surface area contributed by atoms with Crippen LogP contribution in [0.1, 0.15) is 25.5 Å². The summed E-state index contributed by atoms with van der Waals surface area (Å²) >= 11 is 0. The molecule has 1 heterocycles. The fourth-order valence-corrected chi connectivity index (χ4v) is 2.82. The minimum atomic E-state index is -2.97. The number of para-hydroxylation sites is 1. The second kappa shape index (κ2) is 5.28. The van der Waals surface area contributed by atoms with Gasteiger partial charge in [0.05, 0.1) is 17.0 Å². The van der Waals surface area contributed by atoms with Gasteiger partial charge in [0.2, 0.25) is 0 Å². The lowest BCUT2D eigenvalue weighted by molar-refractivity contribution is 0.313. The zero-order chi connectivity index (χ0) is 13.2. The minimum Gasteiger partial charge on any atom is -0.491 e. The molecular weight excluding hydrogens is 250 g/mol. The van der Waals surface area contributed by atoms with E-state index >= 15 is 0 Å². The summed E-state index contributed by atoms with van der Waals surface area (Å²) in [7, 11) is -2.97. The van der Waals surface area contributed by atoms with Crippen LogP contribution in [-0.4, -0.2) is 32.6 Å². The molecule has 1 atom stereocenters. The predicted octanol–water partition coefficient (Wildman–Crippen LogP) is 1.53.